The number of anilines is 1. The second-order valence-corrected chi connectivity index (χ2v) is 6.29. The zero-order valence-corrected chi connectivity index (χ0v) is 15.2. The highest BCUT2D eigenvalue weighted by molar-refractivity contribution is 7.98. The maximum absolute atomic E-state index is 12.5. The molecule has 0 saturated heterocycles. The van der Waals surface area contributed by atoms with Crippen molar-refractivity contribution in [3.8, 4) is 0 Å². The average molecular weight is 381 g/mol. The van der Waals surface area contributed by atoms with Crippen molar-refractivity contribution in [2.75, 3.05) is 17.2 Å². The molecule has 0 spiro atoms. The summed E-state index contributed by atoms with van der Waals surface area (Å²) < 4.78 is 0. The molecule has 0 radical (unpaired) electrons. The molecule has 0 fully saturated rings. The molecule has 5 nitrogen and oxygen atoms in total. The normalized spacial score (nSPS) is 11.2. The predicted molar refractivity (Wildman–Crippen MR) is 104 cm³/mol. The van der Waals surface area contributed by atoms with Gasteiger partial charge in [-0.3, -0.25) is 14.5 Å². The summed E-state index contributed by atoms with van der Waals surface area (Å²) in [5.41, 5.74) is 7.69. The van der Waals surface area contributed by atoms with Crippen LogP contribution in [0.25, 0.3) is 0 Å². The molecule has 1 atom stereocenters. The van der Waals surface area contributed by atoms with Crippen LogP contribution in [0.1, 0.15) is 5.56 Å². The van der Waals surface area contributed by atoms with Crippen LogP contribution in [0.4, 0.5) is 5.69 Å². The minimum Gasteiger partial charge on any atom is -0.480 e. The topological polar surface area (TPSA) is 83.6 Å². The van der Waals surface area contributed by atoms with Gasteiger partial charge in [-0.05, 0) is 17.7 Å². The van der Waals surface area contributed by atoms with Crippen LogP contribution in [0, 0.1) is 0 Å². The number of carbonyl (C=O) groups excluding carboxylic acids is 1. The highest BCUT2D eigenvalue weighted by atomic mass is 35.5. The van der Waals surface area contributed by atoms with E-state index in [-0.39, 0.29) is 18.3 Å². The van der Waals surface area contributed by atoms with E-state index in [2.05, 4.69) is 0 Å². The fraction of sp³-hybridized carbons (Fsp3) is 0.222. The van der Waals surface area contributed by atoms with E-state index in [9.17, 15) is 9.59 Å². The fourth-order valence-electron chi connectivity index (χ4n) is 2.19. The van der Waals surface area contributed by atoms with Crippen LogP contribution >= 0.6 is 24.2 Å². The molecule has 0 heterocycles. The molecule has 1 amide bonds. The highest BCUT2D eigenvalue weighted by Crippen LogP contribution is 2.17. The van der Waals surface area contributed by atoms with E-state index in [1.54, 1.807) is 36.0 Å². The van der Waals surface area contributed by atoms with Crippen molar-refractivity contribution >= 4 is 41.7 Å². The first-order valence-corrected chi connectivity index (χ1v) is 8.69. The van der Waals surface area contributed by atoms with E-state index in [1.807, 2.05) is 36.4 Å². The summed E-state index contributed by atoms with van der Waals surface area (Å²) in [4.78, 5) is 24.8. The first-order chi connectivity index (χ1) is 11.6. The molecule has 0 aromatic heterocycles. The van der Waals surface area contributed by atoms with Gasteiger partial charge in [0.25, 0.3) is 0 Å². The van der Waals surface area contributed by atoms with Crippen LogP contribution in [-0.2, 0) is 15.3 Å². The first-order valence-electron chi connectivity index (χ1n) is 7.53. The van der Waals surface area contributed by atoms with Crippen molar-refractivity contribution < 1.29 is 14.7 Å². The minimum atomic E-state index is -1.07. The van der Waals surface area contributed by atoms with Crippen molar-refractivity contribution in [3.05, 3.63) is 66.2 Å². The summed E-state index contributed by atoms with van der Waals surface area (Å²) in [6, 6.07) is 17.9. The zero-order chi connectivity index (χ0) is 17.4. The summed E-state index contributed by atoms with van der Waals surface area (Å²) in [6.07, 6.45) is 0. The van der Waals surface area contributed by atoms with Crippen LogP contribution < -0.4 is 10.6 Å². The number of carboxylic acids is 1. The van der Waals surface area contributed by atoms with E-state index >= 15 is 0 Å². The number of benzene rings is 2. The lowest BCUT2D eigenvalue weighted by Crippen LogP contribution is -2.47. The lowest BCUT2D eigenvalue weighted by Gasteiger charge is -2.24. The third-order valence-corrected chi connectivity index (χ3v) is 4.49. The van der Waals surface area contributed by atoms with Gasteiger partial charge in [0.15, 0.2) is 0 Å². The molecule has 0 saturated carbocycles. The van der Waals surface area contributed by atoms with Crippen LogP contribution in [0.5, 0.6) is 0 Å². The van der Waals surface area contributed by atoms with E-state index in [0.717, 1.165) is 11.3 Å². The van der Waals surface area contributed by atoms with E-state index in [0.29, 0.717) is 11.4 Å². The molecule has 2 aromatic carbocycles. The third kappa shape index (κ3) is 6.78. The molecular weight excluding hydrogens is 360 g/mol. The Labute approximate surface area is 157 Å². The van der Waals surface area contributed by atoms with Crippen molar-refractivity contribution in [1.29, 1.82) is 0 Å². The van der Waals surface area contributed by atoms with Gasteiger partial charge in [0.2, 0.25) is 5.91 Å². The molecule has 0 bridgehead atoms. The largest absolute Gasteiger partial charge is 0.480 e. The fourth-order valence-corrected chi connectivity index (χ4v) is 3.13. The summed E-state index contributed by atoms with van der Waals surface area (Å²) in [7, 11) is 0. The number of para-hydroxylation sites is 1. The standard InChI is InChI=1S/C18H20N2O3S.ClH/c19-16(13-24-12-14-7-3-1-4-8-14)18(23)20(11-17(21)22)15-9-5-2-6-10-15;/h1-10,16H,11-13,19H2,(H,21,22);1H/t16-;/m0./s1. The maximum atomic E-state index is 12.5. The second kappa shape index (κ2) is 10.8. The molecule has 2 rings (SSSR count). The number of amides is 1. The number of hydrogen-bond donors (Lipinski definition) is 2. The van der Waals surface area contributed by atoms with E-state index < -0.39 is 18.6 Å². The first kappa shape index (κ1) is 21.0. The van der Waals surface area contributed by atoms with E-state index in [1.165, 1.54) is 4.90 Å². The Kier molecular flexibility index (Phi) is 9.05. The van der Waals surface area contributed by atoms with Gasteiger partial charge in [-0.15, -0.1) is 12.4 Å². The van der Waals surface area contributed by atoms with Gasteiger partial charge in [0.1, 0.15) is 6.54 Å². The Morgan fingerprint density at radius 2 is 1.60 bits per heavy atom. The van der Waals surface area contributed by atoms with Gasteiger partial charge in [-0.1, -0.05) is 48.5 Å². The lowest BCUT2D eigenvalue weighted by molar-refractivity contribution is -0.136. The molecule has 0 aliphatic rings. The lowest BCUT2D eigenvalue weighted by atomic mass is 10.2. The SMILES string of the molecule is Cl.N[C@@H](CSCc1ccccc1)C(=O)N(CC(=O)O)c1ccccc1. The Morgan fingerprint density at radius 1 is 1.04 bits per heavy atom. The zero-order valence-electron chi connectivity index (χ0n) is 13.6. The van der Waals surface area contributed by atoms with Gasteiger partial charge in [0.05, 0.1) is 6.04 Å². The second-order valence-electron chi connectivity index (χ2n) is 5.26. The van der Waals surface area contributed by atoms with Crippen molar-refractivity contribution in [2.24, 2.45) is 5.73 Å². The Balaban J connectivity index is 0.00000312. The number of rotatable bonds is 8. The molecule has 0 aliphatic carbocycles. The molecule has 3 N–H and O–H groups in total. The molecule has 7 heteroatoms. The number of aliphatic carboxylic acids is 1. The Bertz CT molecular complexity index is 671. The summed E-state index contributed by atoms with van der Waals surface area (Å²) in [5, 5.41) is 9.06. The summed E-state index contributed by atoms with van der Waals surface area (Å²) >= 11 is 1.55. The molecular formula is C18H21ClN2O3S. The van der Waals surface area contributed by atoms with Crippen LogP contribution in [-0.4, -0.2) is 35.3 Å². The van der Waals surface area contributed by atoms with Gasteiger partial charge >= 0.3 is 5.97 Å². The number of thioether (sulfide) groups is 1. The van der Waals surface area contributed by atoms with E-state index in [4.69, 9.17) is 10.8 Å². The molecule has 25 heavy (non-hydrogen) atoms. The summed E-state index contributed by atoms with van der Waals surface area (Å²) in [6.45, 7) is -0.403. The Morgan fingerprint density at radius 3 is 2.16 bits per heavy atom. The third-order valence-electron chi connectivity index (χ3n) is 3.35. The van der Waals surface area contributed by atoms with Gasteiger partial charge in [0, 0.05) is 17.2 Å². The maximum Gasteiger partial charge on any atom is 0.323 e. The van der Waals surface area contributed by atoms with Crippen LogP contribution in [0.3, 0.4) is 0 Å². The monoisotopic (exact) mass is 380 g/mol. The van der Waals surface area contributed by atoms with Crippen LogP contribution in [0.2, 0.25) is 0 Å². The average Bonchev–Trinajstić information content (AvgIpc) is 2.60. The number of carbonyl (C=O) groups is 2. The Hall–Kier alpha value is -2.02. The molecule has 134 valence electrons. The quantitative estimate of drug-likeness (QED) is 0.735. The number of nitrogens with two attached hydrogens (primary N) is 1. The summed E-state index contributed by atoms with van der Waals surface area (Å²) in [5.74, 6) is -0.275. The number of halogens is 1. The van der Waals surface area contributed by atoms with Gasteiger partial charge < -0.3 is 10.8 Å². The smallest absolute Gasteiger partial charge is 0.323 e. The molecule has 0 unspecified atom stereocenters. The molecule has 2 aromatic rings. The van der Waals surface area contributed by atoms with Crippen molar-refractivity contribution in [3.63, 3.8) is 0 Å². The highest BCUT2D eigenvalue weighted by Gasteiger charge is 2.24. The number of nitrogens with zero attached hydrogens (tertiary/aromatic N) is 1. The predicted octanol–water partition coefficient (Wildman–Crippen LogP) is 2.79. The molecule has 0 aliphatic heterocycles. The number of carboxylic acid groups (broad SMARTS) is 1. The minimum absolute atomic E-state index is 0. The van der Waals surface area contributed by atoms with Crippen molar-refractivity contribution in [2.45, 2.75) is 11.8 Å². The van der Waals surface area contributed by atoms with Crippen molar-refractivity contribution in [1.82, 2.24) is 0 Å². The van der Waals surface area contributed by atoms with Gasteiger partial charge in [-0.2, -0.15) is 11.8 Å². The van der Waals surface area contributed by atoms with Crippen LogP contribution in [0.15, 0.2) is 60.7 Å². The van der Waals surface area contributed by atoms with Gasteiger partial charge in [-0.25, -0.2) is 0 Å². The number of hydrogen-bond acceptors (Lipinski definition) is 4.